The average Bonchev–Trinajstić information content (AvgIpc) is 2.78. The molecule has 2 rings (SSSR count). The molecule has 0 radical (unpaired) electrons. The molecule has 130 valence electrons. The van der Waals surface area contributed by atoms with E-state index in [1.54, 1.807) is 0 Å². The number of hydrogen-bond acceptors (Lipinski definition) is 3. The Bertz CT molecular complexity index is 728. The first-order valence-corrected chi connectivity index (χ1v) is 7.86. The lowest BCUT2D eigenvalue weighted by Crippen LogP contribution is -2.25. The summed E-state index contributed by atoms with van der Waals surface area (Å²) in [6, 6.07) is 3.45. The van der Waals surface area contributed by atoms with Crippen LogP contribution in [0.1, 0.15) is 30.3 Å². The number of amides is 1. The summed E-state index contributed by atoms with van der Waals surface area (Å²) in [4.78, 5) is 10.8. The van der Waals surface area contributed by atoms with Gasteiger partial charge in [0.1, 0.15) is 11.5 Å². The molecule has 7 heteroatoms. The van der Waals surface area contributed by atoms with Gasteiger partial charge >= 0.3 is 0 Å². The summed E-state index contributed by atoms with van der Waals surface area (Å²) in [5.41, 5.74) is 2.82. The highest BCUT2D eigenvalue weighted by atomic mass is 19.1. The van der Waals surface area contributed by atoms with Gasteiger partial charge in [-0.1, -0.05) is 0 Å². The molecule has 0 aliphatic rings. The van der Waals surface area contributed by atoms with E-state index in [2.05, 4.69) is 15.7 Å². The number of hydrogen-bond donors (Lipinski definition) is 2. The lowest BCUT2D eigenvalue weighted by molar-refractivity contribution is -0.118. The Hall–Kier alpha value is -2.28. The Morgan fingerprint density at radius 1 is 1.25 bits per heavy atom. The first-order chi connectivity index (χ1) is 11.4. The third-order valence-electron chi connectivity index (χ3n) is 3.79. The maximum absolute atomic E-state index is 14.0. The van der Waals surface area contributed by atoms with E-state index in [4.69, 9.17) is 0 Å². The molecule has 0 fully saturated rings. The Morgan fingerprint density at radius 2 is 2.00 bits per heavy atom. The molecule has 0 atom stereocenters. The largest absolute Gasteiger partial charge is 0.356 e. The number of aromatic nitrogens is 2. The summed E-state index contributed by atoms with van der Waals surface area (Å²) < 4.78 is 28.5. The monoisotopic (exact) mass is 336 g/mol. The topological polar surface area (TPSA) is 59.0 Å². The Labute approximate surface area is 140 Å². The van der Waals surface area contributed by atoms with E-state index in [1.165, 1.54) is 23.7 Å². The Kier molecular flexibility index (Phi) is 6.03. The van der Waals surface area contributed by atoms with Gasteiger partial charge in [-0.15, -0.1) is 0 Å². The quantitative estimate of drug-likeness (QED) is 0.763. The van der Waals surface area contributed by atoms with Crippen LogP contribution in [-0.2, 0) is 11.3 Å². The number of nitrogens with zero attached hydrogens (tertiary/aromatic N) is 2. The fraction of sp³-hybridized carbons (Fsp3) is 0.412. The number of rotatable bonds is 7. The minimum Gasteiger partial charge on any atom is -0.356 e. The molecule has 5 nitrogen and oxygen atoms in total. The third kappa shape index (κ3) is 4.38. The van der Waals surface area contributed by atoms with Gasteiger partial charge in [0.25, 0.3) is 0 Å². The van der Waals surface area contributed by atoms with Crippen molar-refractivity contribution >= 4 is 5.91 Å². The van der Waals surface area contributed by atoms with Gasteiger partial charge in [-0.05, 0) is 38.9 Å². The van der Waals surface area contributed by atoms with Crippen molar-refractivity contribution in [1.29, 1.82) is 0 Å². The molecule has 24 heavy (non-hydrogen) atoms. The van der Waals surface area contributed by atoms with Gasteiger partial charge in [0, 0.05) is 37.3 Å². The zero-order valence-corrected chi connectivity index (χ0v) is 14.1. The van der Waals surface area contributed by atoms with Gasteiger partial charge < -0.3 is 10.6 Å². The van der Waals surface area contributed by atoms with E-state index < -0.39 is 11.6 Å². The van der Waals surface area contributed by atoms with E-state index in [-0.39, 0.29) is 11.6 Å². The van der Waals surface area contributed by atoms with Gasteiger partial charge in [0.2, 0.25) is 5.91 Å². The zero-order chi connectivity index (χ0) is 17.7. The van der Waals surface area contributed by atoms with Crippen LogP contribution in [0.15, 0.2) is 18.2 Å². The van der Waals surface area contributed by atoms with Crippen LogP contribution in [0.25, 0.3) is 5.69 Å². The minimum absolute atomic E-state index is 0.0377. The lowest BCUT2D eigenvalue weighted by atomic mass is 10.2. The average molecular weight is 336 g/mol. The Balaban J connectivity index is 2.02. The van der Waals surface area contributed by atoms with E-state index >= 15 is 0 Å². The second-order valence-electron chi connectivity index (χ2n) is 5.67. The molecule has 0 unspecified atom stereocenters. The fourth-order valence-electron chi connectivity index (χ4n) is 2.51. The maximum atomic E-state index is 14.0. The van der Waals surface area contributed by atoms with Crippen LogP contribution in [-0.4, -0.2) is 28.8 Å². The molecule has 0 aliphatic carbocycles. The molecule has 1 heterocycles. The van der Waals surface area contributed by atoms with Crippen molar-refractivity contribution in [2.45, 2.75) is 33.7 Å². The van der Waals surface area contributed by atoms with Gasteiger partial charge in [-0.2, -0.15) is 5.10 Å². The molecule has 0 aliphatic heterocycles. The predicted molar refractivity (Wildman–Crippen MR) is 88.0 cm³/mol. The van der Waals surface area contributed by atoms with Crippen LogP contribution in [0.2, 0.25) is 0 Å². The van der Waals surface area contributed by atoms with Gasteiger partial charge in [-0.3, -0.25) is 4.79 Å². The molecule has 0 bridgehead atoms. The van der Waals surface area contributed by atoms with Gasteiger partial charge in [0.15, 0.2) is 5.82 Å². The SMILES string of the molecule is CC(=O)NCCCNCc1c(C)nn(-c2ccc(F)cc2F)c1C. The van der Waals surface area contributed by atoms with Crippen LogP contribution >= 0.6 is 0 Å². The van der Waals surface area contributed by atoms with Crippen molar-refractivity contribution in [3.8, 4) is 5.69 Å². The number of halogens is 2. The molecule has 1 amide bonds. The van der Waals surface area contributed by atoms with Crippen LogP contribution < -0.4 is 10.6 Å². The van der Waals surface area contributed by atoms with Crippen molar-refractivity contribution in [3.63, 3.8) is 0 Å². The second kappa shape index (κ2) is 8.01. The summed E-state index contributed by atoms with van der Waals surface area (Å²) in [7, 11) is 0. The summed E-state index contributed by atoms with van der Waals surface area (Å²) in [6.45, 7) is 7.18. The highest BCUT2D eigenvalue weighted by Crippen LogP contribution is 2.20. The number of nitrogens with one attached hydrogen (secondary N) is 2. The molecule has 1 aromatic heterocycles. The number of benzene rings is 1. The summed E-state index contributed by atoms with van der Waals surface area (Å²) in [5, 5.41) is 10.4. The van der Waals surface area contributed by atoms with Crippen LogP contribution in [0.4, 0.5) is 8.78 Å². The Morgan fingerprint density at radius 3 is 2.67 bits per heavy atom. The molecular formula is C17H22F2N4O. The van der Waals surface area contributed by atoms with Crippen molar-refractivity contribution in [3.05, 3.63) is 46.8 Å². The molecule has 2 aromatic rings. The molecule has 2 N–H and O–H groups in total. The lowest BCUT2D eigenvalue weighted by Gasteiger charge is -2.08. The second-order valence-corrected chi connectivity index (χ2v) is 5.67. The van der Waals surface area contributed by atoms with Gasteiger partial charge in [-0.25, -0.2) is 13.5 Å². The zero-order valence-electron chi connectivity index (χ0n) is 14.1. The maximum Gasteiger partial charge on any atom is 0.216 e. The minimum atomic E-state index is -0.643. The van der Waals surface area contributed by atoms with E-state index in [1.807, 2.05) is 13.8 Å². The number of carbonyl (C=O) groups is 1. The first kappa shape index (κ1) is 18.1. The molecule has 0 saturated carbocycles. The van der Waals surface area contributed by atoms with Crippen molar-refractivity contribution in [1.82, 2.24) is 20.4 Å². The summed E-state index contributed by atoms with van der Waals surface area (Å²) >= 11 is 0. The predicted octanol–water partition coefficient (Wildman–Crippen LogP) is 2.38. The molecule has 0 saturated heterocycles. The third-order valence-corrected chi connectivity index (χ3v) is 3.79. The summed E-state index contributed by atoms with van der Waals surface area (Å²) in [6.07, 6.45) is 0.818. The highest BCUT2D eigenvalue weighted by Gasteiger charge is 2.15. The van der Waals surface area contributed by atoms with Gasteiger partial charge in [0.05, 0.1) is 5.69 Å². The first-order valence-electron chi connectivity index (χ1n) is 7.86. The van der Waals surface area contributed by atoms with E-state index in [0.29, 0.717) is 13.1 Å². The van der Waals surface area contributed by atoms with Crippen LogP contribution in [0.3, 0.4) is 0 Å². The normalized spacial score (nSPS) is 10.9. The smallest absolute Gasteiger partial charge is 0.216 e. The number of carbonyl (C=O) groups excluding carboxylic acids is 1. The fourth-order valence-corrected chi connectivity index (χ4v) is 2.51. The molecule has 0 spiro atoms. The van der Waals surface area contributed by atoms with E-state index in [9.17, 15) is 13.6 Å². The highest BCUT2D eigenvalue weighted by molar-refractivity contribution is 5.72. The standard InChI is InChI=1S/C17H22F2N4O/c1-11-15(10-20-7-4-8-21-13(3)24)12(2)23(22-11)17-6-5-14(18)9-16(17)19/h5-6,9,20H,4,7-8,10H2,1-3H3,(H,21,24). The van der Waals surface area contributed by atoms with E-state index in [0.717, 1.165) is 36.0 Å². The van der Waals surface area contributed by atoms with Crippen molar-refractivity contribution in [2.75, 3.05) is 13.1 Å². The number of aryl methyl sites for hydroxylation is 1. The van der Waals surface area contributed by atoms with Crippen LogP contribution in [0.5, 0.6) is 0 Å². The molecular weight excluding hydrogens is 314 g/mol. The van der Waals surface area contributed by atoms with Crippen molar-refractivity contribution in [2.24, 2.45) is 0 Å². The van der Waals surface area contributed by atoms with Crippen LogP contribution in [0, 0.1) is 25.5 Å². The summed E-state index contributed by atoms with van der Waals surface area (Å²) in [5.74, 6) is -1.29. The molecule has 1 aromatic carbocycles. The van der Waals surface area contributed by atoms with Crippen molar-refractivity contribution < 1.29 is 13.6 Å².